The van der Waals surface area contributed by atoms with E-state index in [-0.39, 0.29) is 6.42 Å². The molecule has 0 saturated carbocycles. The zero-order valence-corrected chi connectivity index (χ0v) is 18.9. The van der Waals surface area contributed by atoms with Crippen molar-refractivity contribution < 1.29 is 24.9 Å². The zero-order valence-electron chi connectivity index (χ0n) is 18.9. The van der Waals surface area contributed by atoms with Crippen molar-refractivity contribution >= 4 is 11.8 Å². The third-order valence-electron chi connectivity index (χ3n) is 5.68. The van der Waals surface area contributed by atoms with E-state index < -0.39 is 29.9 Å². The summed E-state index contributed by atoms with van der Waals surface area (Å²) in [6, 6.07) is 0. The average Bonchev–Trinajstić information content (AvgIpc) is 2.66. The Kier molecular flexibility index (Phi) is 18.4. The summed E-state index contributed by atoms with van der Waals surface area (Å²) in [5.41, 5.74) is 0. The van der Waals surface area contributed by atoms with Gasteiger partial charge >= 0.3 is 5.97 Å². The van der Waals surface area contributed by atoms with E-state index in [9.17, 15) is 24.9 Å². The first-order valence-corrected chi connectivity index (χ1v) is 12.1. The van der Waals surface area contributed by atoms with Gasteiger partial charge in [0, 0.05) is 6.42 Å². The second-order valence-corrected chi connectivity index (χ2v) is 8.53. The number of carbonyl (C=O) groups excluding carboxylic acids is 1. The van der Waals surface area contributed by atoms with Crippen LogP contribution in [0.15, 0.2) is 0 Å². The molecule has 0 aliphatic carbocycles. The van der Waals surface area contributed by atoms with Crippen LogP contribution in [0, 0.1) is 5.92 Å². The maximum atomic E-state index is 12.3. The summed E-state index contributed by atoms with van der Waals surface area (Å²) in [6.07, 6.45) is 14.3. The number of ketones is 1. The number of carbonyl (C=O) groups is 2. The number of unbranched alkanes of at least 4 members (excludes halogenated alkanes) is 12. The smallest absolute Gasteiger partial charge is 0.316 e. The number of hydrogen-bond donors (Lipinski definition) is 3. The predicted octanol–water partition coefficient (Wildman–Crippen LogP) is 5.65. The van der Waals surface area contributed by atoms with E-state index in [1.54, 1.807) is 0 Å². The fraction of sp³-hybridized carbons (Fsp3) is 0.917. The third kappa shape index (κ3) is 15.5. The fourth-order valence-electron chi connectivity index (χ4n) is 3.79. The van der Waals surface area contributed by atoms with Crippen molar-refractivity contribution in [2.24, 2.45) is 5.92 Å². The molecule has 0 aliphatic rings. The van der Waals surface area contributed by atoms with Gasteiger partial charge in [-0.15, -0.1) is 0 Å². The van der Waals surface area contributed by atoms with Crippen molar-refractivity contribution in [2.45, 2.75) is 135 Å². The van der Waals surface area contributed by atoms with Crippen LogP contribution in [0.25, 0.3) is 0 Å². The van der Waals surface area contributed by atoms with E-state index in [1.165, 1.54) is 38.5 Å². The highest BCUT2D eigenvalue weighted by Gasteiger charge is 2.33. The van der Waals surface area contributed by atoms with Crippen LogP contribution in [0.2, 0.25) is 0 Å². The lowest BCUT2D eigenvalue weighted by molar-refractivity contribution is -0.151. The van der Waals surface area contributed by atoms with Gasteiger partial charge in [-0.25, -0.2) is 0 Å². The van der Waals surface area contributed by atoms with Gasteiger partial charge in [0.1, 0.15) is 5.92 Å². The van der Waals surface area contributed by atoms with Crippen molar-refractivity contribution in [2.75, 3.05) is 0 Å². The molecule has 0 bridgehead atoms. The van der Waals surface area contributed by atoms with Gasteiger partial charge < -0.3 is 15.3 Å². The topological polar surface area (TPSA) is 94.8 Å². The lowest BCUT2D eigenvalue weighted by atomic mass is 9.89. The lowest BCUT2D eigenvalue weighted by Gasteiger charge is -2.19. The van der Waals surface area contributed by atoms with Crippen molar-refractivity contribution in [3.8, 4) is 0 Å². The number of Topliss-reactive ketones (excluding diaryl/α,β-unsaturated/α-hetero) is 1. The summed E-state index contributed by atoms with van der Waals surface area (Å²) in [5, 5.41) is 29.7. The summed E-state index contributed by atoms with van der Waals surface area (Å²) in [5.74, 6) is -3.26. The van der Waals surface area contributed by atoms with E-state index in [4.69, 9.17) is 0 Å². The molecule has 3 N–H and O–H groups in total. The quantitative estimate of drug-likeness (QED) is 0.167. The molecular formula is C24H46O5. The molecule has 0 aromatic carbocycles. The molecule has 0 amide bonds. The van der Waals surface area contributed by atoms with Crippen LogP contribution in [0.1, 0.15) is 123 Å². The number of hydrogen-bond acceptors (Lipinski definition) is 4. The zero-order chi connectivity index (χ0) is 21.9. The summed E-state index contributed by atoms with van der Waals surface area (Å²) in [7, 11) is 0. The molecule has 0 aromatic rings. The maximum absolute atomic E-state index is 12.3. The molecule has 0 rings (SSSR count). The number of aliphatic hydroxyl groups excluding tert-OH is 2. The standard InChI is InChI=1S/C24H46O5/c1-3-5-7-9-10-11-12-14-15-17-20(25)19-22(27)23(24(28)29)21(26)18-16-13-8-6-4-2/h20-21,23,25-26H,3-19H2,1-2H3,(H,28,29). The van der Waals surface area contributed by atoms with Crippen molar-refractivity contribution in [1.29, 1.82) is 0 Å². The number of carboxylic acid groups (broad SMARTS) is 1. The van der Waals surface area contributed by atoms with Crippen molar-refractivity contribution in [1.82, 2.24) is 0 Å². The molecule has 5 heteroatoms. The minimum absolute atomic E-state index is 0.180. The van der Waals surface area contributed by atoms with Crippen LogP contribution in [-0.2, 0) is 9.59 Å². The van der Waals surface area contributed by atoms with Gasteiger partial charge in [0.15, 0.2) is 5.78 Å². The highest BCUT2D eigenvalue weighted by molar-refractivity contribution is 5.99. The first kappa shape index (κ1) is 28.1. The van der Waals surface area contributed by atoms with Gasteiger partial charge in [0.05, 0.1) is 12.2 Å². The number of carboxylic acids is 1. The van der Waals surface area contributed by atoms with Crippen molar-refractivity contribution in [3.63, 3.8) is 0 Å². The maximum Gasteiger partial charge on any atom is 0.316 e. The van der Waals surface area contributed by atoms with Crippen LogP contribution < -0.4 is 0 Å². The molecule has 0 aliphatic heterocycles. The van der Waals surface area contributed by atoms with Gasteiger partial charge in [0.2, 0.25) is 0 Å². The van der Waals surface area contributed by atoms with E-state index in [2.05, 4.69) is 13.8 Å². The van der Waals surface area contributed by atoms with E-state index >= 15 is 0 Å². The minimum atomic E-state index is -1.42. The summed E-state index contributed by atoms with van der Waals surface area (Å²) in [6.45, 7) is 4.33. The van der Waals surface area contributed by atoms with Crippen molar-refractivity contribution in [3.05, 3.63) is 0 Å². The minimum Gasteiger partial charge on any atom is -0.481 e. The molecule has 5 nitrogen and oxygen atoms in total. The Morgan fingerprint density at radius 2 is 1.07 bits per heavy atom. The largest absolute Gasteiger partial charge is 0.481 e. The SMILES string of the molecule is CCCCCCCCCCCC(O)CC(=O)C(C(=O)O)C(O)CCCCCCC. The molecule has 0 fully saturated rings. The molecule has 172 valence electrons. The van der Waals surface area contributed by atoms with Gasteiger partial charge in [0.25, 0.3) is 0 Å². The fourth-order valence-corrected chi connectivity index (χ4v) is 3.79. The van der Waals surface area contributed by atoms with Gasteiger partial charge in [-0.05, 0) is 12.8 Å². The Bertz CT molecular complexity index is 410. The summed E-state index contributed by atoms with van der Waals surface area (Å²) < 4.78 is 0. The normalized spacial score (nSPS) is 14.5. The van der Waals surface area contributed by atoms with E-state index in [0.717, 1.165) is 51.4 Å². The number of aliphatic hydroxyl groups is 2. The molecule has 0 aromatic heterocycles. The molecular weight excluding hydrogens is 368 g/mol. The van der Waals surface area contributed by atoms with Gasteiger partial charge in [-0.3, -0.25) is 9.59 Å². The van der Waals surface area contributed by atoms with Crippen LogP contribution in [-0.4, -0.2) is 39.3 Å². The Hall–Kier alpha value is -0.940. The molecule has 3 atom stereocenters. The Labute approximate surface area is 178 Å². The Morgan fingerprint density at radius 1 is 0.655 bits per heavy atom. The second kappa shape index (κ2) is 19.0. The second-order valence-electron chi connectivity index (χ2n) is 8.53. The van der Waals surface area contributed by atoms with Gasteiger partial charge in [-0.1, -0.05) is 104 Å². The molecule has 0 saturated heterocycles. The Morgan fingerprint density at radius 3 is 1.52 bits per heavy atom. The highest BCUT2D eigenvalue weighted by Crippen LogP contribution is 2.19. The molecule has 0 heterocycles. The predicted molar refractivity (Wildman–Crippen MR) is 118 cm³/mol. The van der Waals surface area contributed by atoms with Gasteiger partial charge in [-0.2, -0.15) is 0 Å². The van der Waals surface area contributed by atoms with E-state index in [1.807, 2.05) is 0 Å². The molecule has 0 spiro atoms. The lowest BCUT2D eigenvalue weighted by Crippen LogP contribution is -2.36. The summed E-state index contributed by atoms with van der Waals surface area (Å²) >= 11 is 0. The first-order valence-electron chi connectivity index (χ1n) is 12.1. The first-order chi connectivity index (χ1) is 13.9. The number of aliphatic carboxylic acids is 1. The molecule has 29 heavy (non-hydrogen) atoms. The third-order valence-corrected chi connectivity index (χ3v) is 5.68. The van der Waals surface area contributed by atoms with Crippen LogP contribution in [0.5, 0.6) is 0 Å². The molecule has 3 unspecified atom stereocenters. The van der Waals surface area contributed by atoms with Crippen LogP contribution >= 0.6 is 0 Å². The van der Waals surface area contributed by atoms with Crippen LogP contribution in [0.4, 0.5) is 0 Å². The average molecular weight is 415 g/mol. The Balaban J connectivity index is 4.02. The molecule has 0 radical (unpaired) electrons. The monoisotopic (exact) mass is 414 g/mol. The summed E-state index contributed by atoms with van der Waals surface area (Å²) in [4.78, 5) is 23.8. The van der Waals surface area contributed by atoms with Crippen LogP contribution in [0.3, 0.4) is 0 Å². The van der Waals surface area contributed by atoms with E-state index in [0.29, 0.717) is 12.8 Å². The highest BCUT2D eigenvalue weighted by atomic mass is 16.4. The number of rotatable bonds is 21.